The van der Waals surface area contributed by atoms with Crippen molar-refractivity contribution in [3.63, 3.8) is 0 Å². The summed E-state index contributed by atoms with van der Waals surface area (Å²) in [6.07, 6.45) is 8.28. The summed E-state index contributed by atoms with van der Waals surface area (Å²) in [4.78, 5) is 8.77. The fourth-order valence-corrected chi connectivity index (χ4v) is 2.43. The Kier molecular flexibility index (Phi) is 4.17. The summed E-state index contributed by atoms with van der Waals surface area (Å²) >= 11 is 0. The molecule has 0 saturated heterocycles. The minimum Gasteiger partial charge on any atom is -0.368 e. The Labute approximate surface area is 109 Å². The molecule has 0 radical (unpaired) electrons. The quantitative estimate of drug-likeness (QED) is 0.839. The average molecular weight is 248 g/mol. The normalized spacial score (nSPS) is 15.3. The predicted molar refractivity (Wildman–Crippen MR) is 74.7 cm³/mol. The maximum atomic E-state index is 6.31. The number of nitrogens with two attached hydrogens (primary N) is 1. The number of rotatable bonds is 5. The lowest BCUT2D eigenvalue weighted by molar-refractivity contribution is 0.417. The van der Waals surface area contributed by atoms with Crippen LogP contribution in [-0.4, -0.2) is 22.1 Å². The molecule has 2 rings (SSSR count). The molecular weight excluding hydrogens is 224 g/mol. The van der Waals surface area contributed by atoms with Crippen LogP contribution in [0.3, 0.4) is 0 Å². The van der Waals surface area contributed by atoms with Crippen molar-refractivity contribution in [2.75, 3.05) is 11.9 Å². The smallest absolute Gasteiger partial charge is 0.132 e. The molecule has 4 heteroatoms. The summed E-state index contributed by atoms with van der Waals surface area (Å²) in [5.41, 5.74) is 8.70. The van der Waals surface area contributed by atoms with Crippen molar-refractivity contribution in [1.82, 2.24) is 9.97 Å². The van der Waals surface area contributed by atoms with Crippen molar-refractivity contribution in [1.29, 1.82) is 0 Å². The first kappa shape index (κ1) is 13.3. The molecule has 1 heterocycles. The lowest BCUT2D eigenvalue weighted by Crippen LogP contribution is -2.45. The lowest BCUT2D eigenvalue weighted by Gasteiger charge is -2.28. The van der Waals surface area contributed by atoms with Crippen LogP contribution in [0.2, 0.25) is 0 Å². The van der Waals surface area contributed by atoms with Crippen molar-refractivity contribution < 1.29 is 0 Å². The van der Waals surface area contributed by atoms with Crippen LogP contribution in [0.5, 0.6) is 0 Å². The Morgan fingerprint density at radius 3 is 2.67 bits per heavy atom. The highest BCUT2D eigenvalue weighted by molar-refractivity contribution is 5.47. The minimum absolute atomic E-state index is 0.132. The molecule has 4 nitrogen and oxygen atoms in total. The number of hydrogen-bond acceptors (Lipinski definition) is 4. The van der Waals surface area contributed by atoms with E-state index >= 15 is 0 Å². The van der Waals surface area contributed by atoms with E-state index in [1.54, 1.807) is 6.33 Å². The van der Waals surface area contributed by atoms with Crippen LogP contribution in [0.15, 0.2) is 6.33 Å². The van der Waals surface area contributed by atoms with E-state index in [-0.39, 0.29) is 5.54 Å². The third-order valence-electron chi connectivity index (χ3n) is 4.14. The summed E-state index contributed by atoms with van der Waals surface area (Å²) in [5, 5.41) is 3.44. The van der Waals surface area contributed by atoms with Gasteiger partial charge in [-0.1, -0.05) is 13.8 Å². The minimum atomic E-state index is -0.132. The molecule has 1 aliphatic rings. The van der Waals surface area contributed by atoms with Crippen LogP contribution in [-0.2, 0) is 12.8 Å². The van der Waals surface area contributed by atoms with E-state index in [1.807, 2.05) is 0 Å². The fourth-order valence-electron chi connectivity index (χ4n) is 2.43. The van der Waals surface area contributed by atoms with Gasteiger partial charge in [0.25, 0.3) is 0 Å². The first-order valence-electron chi connectivity index (χ1n) is 7.04. The number of aryl methyl sites for hydroxylation is 1. The average Bonchev–Trinajstić information content (AvgIpc) is 2.44. The number of anilines is 1. The van der Waals surface area contributed by atoms with Crippen LogP contribution in [0.25, 0.3) is 0 Å². The zero-order valence-electron chi connectivity index (χ0n) is 11.5. The third kappa shape index (κ3) is 2.80. The van der Waals surface area contributed by atoms with Crippen molar-refractivity contribution in [3.05, 3.63) is 17.6 Å². The zero-order chi connectivity index (χ0) is 13.0. The van der Waals surface area contributed by atoms with Gasteiger partial charge in [-0.05, 0) is 38.5 Å². The number of nitrogens with one attached hydrogen (secondary N) is 1. The monoisotopic (exact) mass is 248 g/mol. The summed E-state index contributed by atoms with van der Waals surface area (Å²) in [7, 11) is 0. The first-order valence-corrected chi connectivity index (χ1v) is 7.04. The van der Waals surface area contributed by atoms with Crippen LogP contribution in [0.4, 0.5) is 5.82 Å². The second-order valence-electron chi connectivity index (χ2n) is 5.28. The Morgan fingerprint density at radius 2 is 1.94 bits per heavy atom. The Bertz CT molecular complexity index is 399. The summed E-state index contributed by atoms with van der Waals surface area (Å²) < 4.78 is 0. The van der Waals surface area contributed by atoms with Crippen molar-refractivity contribution in [2.45, 2.75) is 57.9 Å². The molecule has 0 spiro atoms. The third-order valence-corrected chi connectivity index (χ3v) is 4.14. The van der Waals surface area contributed by atoms with Crippen molar-refractivity contribution in [2.24, 2.45) is 5.73 Å². The van der Waals surface area contributed by atoms with Gasteiger partial charge >= 0.3 is 0 Å². The predicted octanol–water partition coefficient (Wildman–Crippen LogP) is 2.28. The molecule has 0 atom stereocenters. The van der Waals surface area contributed by atoms with Gasteiger partial charge in [0.2, 0.25) is 0 Å². The Balaban J connectivity index is 2.10. The molecule has 100 valence electrons. The zero-order valence-corrected chi connectivity index (χ0v) is 11.5. The largest absolute Gasteiger partial charge is 0.368 e. The molecule has 0 bridgehead atoms. The van der Waals surface area contributed by atoms with E-state index in [9.17, 15) is 0 Å². The summed E-state index contributed by atoms with van der Waals surface area (Å²) in [5.74, 6) is 0.997. The SMILES string of the molecule is CCC(N)(CC)CNc1ncnc2c1CCCC2. The summed E-state index contributed by atoms with van der Waals surface area (Å²) in [6.45, 7) is 5.06. The Morgan fingerprint density at radius 1 is 1.22 bits per heavy atom. The van der Waals surface area contributed by atoms with Crippen LogP contribution in [0, 0.1) is 0 Å². The molecule has 18 heavy (non-hydrogen) atoms. The second-order valence-corrected chi connectivity index (χ2v) is 5.28. The van der Waals surface area contributed by atoms with Gasteiger partial charge in [0.1, 0.15) is 12.1 Å². The number of hydrogen-bond donors (Lipinski definition) is 2. The van der Waals surface area contributed by atoms with Gasteiger partial charge < -0.3 is 11.1 Å². The summed E-state index contributed by atoms with van der Waals surface area (Å²) in [6, 6.07) is 0. The maximum Gasteiger partial charge on any atom is 0.132 e. The van der Waals surface area contributed by atoms with E-state index in [2.05, 4.69) is 29.1 Å². The van der Waals surface area contributed by atoms with E-state index in [0.717, 1.165) is 38.0 Å². The molecule has 0 aliphatic heterocycles. The second kappa shape index (κ2) is 5.65. The first-order chi connectivity index (χ1) is 8.68. The molecule has 0 unspecified atom stereocenters. The van der Waals surface area contributed by atoms with E-state index in [4.69, 9.17) is 5.73 Å². The molecule has 1 aromatic rings. The highest BCUT2D eigenvalue weighted by Crippen LogP contribution is 2.25. The van der Waals surface area contributed by atoms with Crippen LogP contribution < -0.4 is 11.1 Å². The van der Waals surface area contributed by atoms with Gasteiger partial charge in [0.15, 0.2) is 0 Å². The van der Waals surface area contributed by atoms with Crippen molar-refractivity contribution in [3.8, 4) is 0 Å². The molecule has 0 fully saturated rings. The molecule has 0 saturated carbocycles. The number of fused-ring (bicyclic) bond motifs is 1. The van der Waals surface area contributed by atoms with Crippen molar-refractivity contribution >= 4 is 5.82 Å². The van der Waals surface area contributed by atoms with Gasteiger partial charge in [-0.3, -0.25) is 0 Å². The van der Waals surface area contributed by atoms with Gasteiger partial charge in [-0.25, -0.2) is 9.97 Å². The maximum absolute atomic E-state index is 6.31. The topological polar surface area (TPSA) is 63.8 Å². The molecule has 1 aliphatic carbocycles. The number of aromatic nitrogens is 2. The van der Waals surface area contributed by atoms with Crippen LogP contribution in [0.1, 0.15) is 50.8 Å². The molecule has 1 aromatic heterocycles. The fraction of sp³-hybridized carbons (Fsp3) is 0.714. The highest BCUT2D eigenvalue weighted by atomic mass is 15.0. The van der Waals surface area contributed by atoms with E-state index in [1.165, 1.54) is 24.1 Å². The van der Waals surface area contributed by atoms with E-state index in [0.29, 0.717) is 0 Å². The molecular formula is C14H24N4. The Hall–Kier alpha value is -1.16. The standard InChI is InChI=1S/C14H24N4/c1-3-14(15,4-2)9-16-13-11-7-5-6-8-12(11)17-10-18-13/h10H,3-9,15H2,1-2H3,(H,16,17,18). The van der Waals surface area contributed by atoms with E-state index < -0.39 is 0 Å². The van der Waals surface area contributed by atoms with Gasteiger partial charge in [0, 0.05) is 23.3 Å². The number of nitrogens with zero attached hydrogens (tertiary/aromatic N) is 2. The van der Waals surface area contributed by atoms with Gasteiger partial charge in [0.05, 0.1) is 0 Å². The highest BCUT2D eigenvalue weighted by Gasteiger charge is 2.21. The lowest BCUT2D eigenvalue weighted by atomic mass is 9.93. The molecule has 3 N–H and O–H groups in total. The molecule has 0 aromatic carbocycles. The molecule has 0 amide bonds. The van der Waals surface area contributed by atoms with Gasteiger partial charge in [-0.15, -0.1) is 0 Å². The van der Waals surface area contributed by atoms with Gasteiger partial charge in [-0.2, -0.15) is 0 Å². The van der Waals surface area contributed by atoms with Crippen LogP contribution >= 0.6 is 0 Å².